The van der Waals surface area contributed by atoms with Gasteiger partial charge < -0.3 is 19.3 Å². The molecule has 122 valence electrons. The lowest BCUT2D eigenvalue weighted by atomic mass is 10.1. The number of ether oxygens (including phenoxy) is 3. The van der Waals surface area contributed by atoms with E-state index in [0.717, 1.165) is 0 Å². The summed E-state index contributed by atoms with van der Waals surface area (Å²) in [6.45, 7) is 5.66. The van der Waals surface area contributed by atoms with Crippen molar-refractivity contribution in [1.82, 2.24) is 0 Å². The zero-order chi connectivity index (χ0) is 16.6. The van der Waals surface area contributed by atoms with Crippen molar-refractivity contribution >= 4 is 11.9 Å². The number of carboxylic acids is 1. The number of hydrogen-bond donors (Lipinski definition) is 1. The Morgan fingerprint density at radius 3 is 2.27 bits per heavy atom. The van der Waals surface area contributed by atoms with Crippen LogP contribution in [0, 0.1) is 0 Å². The fraction of sp³-hybridized carbons (Fsp3) is 0.500. The zero-order valence-corrected chi connectivity index (χ0v) is 13.1. The summed E-state index contributed by atoms with van der Waals surface area (Å²) in [6, 6.07) is 6.79. The van der Waals surface area contributed by atoms with Crippen LogP contribution in [0.1, 0.15) is 33.6 Å². The fourth-order valence-corrected chi connectivity index (χ4v) is 1.66. The van der Waals surface area contributed by atoms with Gasteiger partial charge in [0.1, 0.15) is 11.5 Å². The maximum Gasteiger partial charge on any atom is 0.349 e. The van der Waals surface area contributed by atoms with E-state index in [2.05, 4.69) is 0 Å². The van der Waals surface area contributed by atoms with Crippen LogP contribution in [0.2, 0.25) is 0 Å². The number of benzene rings is 1. The molecule has 0 amide bonds. The second-order valence-corrected chi connectivity index (χ2v) is 5.15. The number of esters is 1. The van der Waals surface area contributed by atoms with Crippen LogP contribution in [-0.4, -0.2) is 35.9 Å². The maximum absolute atomic E-state index is 11.7. The minimum absolute atomic E-state index is 0.0783. The van der Waals surface area contributed by atoms with Crippen molar-refractivity contribution in [2.45, 2.75) is 39.2 Å². The highest BCUT2D eigenvalue weighted by Gasteiger charge is 2.31. The van der Waals surface area contributed by atoms with Crippen molar-refractivity contribution in [3.63, 3.8) is 0 Å². The summed E-state index contributed by atoms with van der Waals surface area (Å²) in [6.07, 6.45) is 0.526. The Balaban J connectivity index is 2.50. The molecule has 0 aliphatic rings. The first-order valence-electron chi connectivity index (χ1n) is 7.16. The molecule has 6 nitrogen and oxygen atoms in total. The van der Waals surface area contributed by atoms with Crippen molar-refractivity contribution in [3.8, 4) is 11.5 Å². The molecule has 0 bridgehead atoms. The van der Waals surface area contributed by atoms with E-state index < -0.39 is 17.5 Å². The smallest absolute Gasteiger partial charge is 0.349 e. The minimum atomic E-state index is -1.07. The van der Waals surface area contributed by atoms with Crippen LogP contribution in [-0.2, 0) is 14.3 Å². The van der Waals surface area contributed by atoms with E-state index in [1.165, 1.54) is 0 Å². The molecule has 1 N–H and O–H groups in total. The van der Waals surface area contributed by atoms with E-state index in [1.54, 1.807) is 45.0 Å². The molecule has 0 fully saturated rings. The average molecular weight is 310 g/mol. The Bertz CT molecular complexity index is 492. The van der Waals surface area contributed by atoms with E-state index in [-0.39, 0.29) is 6.42 Å². The molecule has 0 atom stereocenters. The second kappa shape index (κ2) is 8.26. The van der Waals surface area contributed by atoms with Crippen molar-refractivity contribution in [1.29, 1.82) is 0 Å². The lowest BCUT2D eigenvalue weighted by Crippen LogP contribution is -2.39. The van der Waals surface area contributed by atoms with Crippen LogP contribution >= 0.6 is 0 Å². The molecule has 0 saturated heterocycles. The normalized spacial score (nSPS) is 10.9. The second-order valence-electron chi connectivity index (χ2n) is 5.15. The van der Waals surface area contributed by atoms with E-state index in [1.807, 2.05) is 0 Å². The molecular formula is C16H22O6. The number of aliphatic carboxylic acids is 1. The van der Waals surface area contributed by atoms with Crippen LogP contribution in [0.5, 0.6) is 11.5 Å². The Labute approximate surface area is 130 Å². The lowest BCUT2D eigenvalue weighted by Gasteiger charge is -2.24. The lowest BCUT2D eigenvalue weighted by molar-refractivity contribution is -0.158. The third kappa shape index (κ3) is 6.03. The zero-order valence-electron chi connectivity index (χ0n) is 13.1. The van der Waals surface area contributed by atoms with Crippen LogP contribution in [0.4, 0.5) is 0 Å². The highest BCUT2D eigenvalue weighted by Crippen LogP contribution is 2.23. The van der Waals surface area contributed by atoms with Gasteiger partial charge >= 0.3 is 11.9 Å². The molecule has 0 aromatic heterocycles. The van der Waals surface area contributed by atoms with Crippen molar-refractivity contribution in [2.75, 3.05) is 13.2 Å². The molecule has 0 heterocycles. The number of carbonyl (C=O) groups is 2. The van der Waals surface area contributed by atoms with E-state index >= 15 is 0 Å². The summed E-state index contributed by atoms with van der Waals surface area (Å²) in [5, 5.41) is 8.53. The molecule has 0 aliphatic heterocycles. The summed E-state index contributed by atoms with van der Waals surface area (Å²) in [7, 11) is 0. The molecule has 0 radical (unpaired) electrons. The number of carbonyl (C=O) groups excluding carboxylic acids is 1. The van der Waals surface area contributed by atoms with Gasteiger partial charge in [0.25, 0.3) is 0 Å². The van der Waals surface area contributed by atoms with Gasteiger partial charge in [-0.25, -0.2) is 4.79 Å². The highest BCUT2D eigenvalue weighted by molar-refractivity contribution is 5.79. The van der Waals surface area contributed by atoms with Crippen LogP contribution in [0.15, 0.2) is 24.3 Å². The van der Waals surface area contributed by atoms with E-state index in [0.29, 0.717) is 31.1 Å². The summed E-state index contributed by atoms with van der Waals surface area (Å²) in [5.74, 6) is -0.125. The molecule has 0 aliphatic carbocycles. The van der Waals surface area contributed by atoms with Gasteiger partial charge in [0.15, 0.2) is 5.60 Å². The van der Waals surface area contributed by atoms with Gasteiger partial charge in [0.05, 0.1) is 13.2 Å². The number of carboxylic acid groups (broad SMARTS) is 1. The Kier molecular flexibility index (Phi) is 6.69. The van der Waals surface area contributed by atoms with Crippen molar-refractivity contribution < 1.29 is 28.9 Å². The molecule has 6 heteroatoms. The van der Waals surface area contributed by atoms with E-state index in [4.69, 9.17) is 19.3 Å². The molecule has 22 heavy (non-hydrogen) atoms. The van der Waals surface area contributed by atoms with Crippen molar-refractivity contribution in [3.05, 3.63) is 24.3 Å². The van der Waals surface area contributed by atoms with Gasteiger partial charge in [-0.2, -0.15) is 0 Å². The average Bonchev–Trinajstić information content (AvgIpc) is 2.45. The van der Waals surface area contributed by atoms with Gasteiger partial charge in [-0.3, -0.25) is 4.79 Å². The van der Waals surface area contributed by atoms with Crippen LogP contribution < -0.4 is 9.47 Å². The molecule has 1 aromatic rings. The third-order valence-electron chi connectivity index (χ3n) is 2.77. The van der Waals surface area contributed by atoms with Gasteiger partial charge in [-0.15, -0.1) is 0 Å². The first-order chi connectivity index (χ1) is 10.3. The first kappa shape index (κ1) is 17.8. The summed E-state index contributed by atoms with van der Waals surface area (Å²) in [5.41, 5.74) is -1.07. The van der Waals surface area contributed by atoms with Crippen LogP contribution in [0.3, 0.4) is 0 Å². The van der Waals surface area contributed by atoms with E-state index in [9.17, 15) is 9.59 Å². The first-order valence-corrected chi connectivity index (χ1v) is 7.16. The molecule has 0 spiro atoms. The minimum Gasteiger partial charge on any atom is -0.494 e. The molecular weight excluding hydrogens is 288 g/mol. The summed E-state index contributed by atoms with van der Waals surface area (Å²) < 4.78 is 16.0. The quantitative estimate of drug-likeness (QED) is 0.558. The number of hydrogen-bond acceptors (Lipinski definition) is 5. The summed E-state index contributed by atoms with van der Waals surface area (Å²) >= 11 is 0. The Hall–Kier alpha value is -2.24. The molecule has 1 aromatic carbocycles. The van der Waals surface area contributed by atoms with Gasteiger partial charge in [0.2, 0.25) is 0 Å². The van der Waals surface area contributed by atoms with Gasteiger partial charge in [0, 0.05) is 6.42 Å². The largest absolute Gasteiger partial charge is 0.494 e. The topological polar surface area (TPSA) is 82.1 Å². The Morgan fingerprint density at radius 1 is 1.14 bits per heavy atom. The van der Waals surface area contributed by atoms with Crippen LogP contribution in [0.25, 0.3) is 0 Å². The molecule has 0 unspecified atom stereocenters. The predicted molar refractivity (Wildman–Crippen MR) is 80.1 cm³/mol. The molecule has 0 saturated carbocycles. The maximum atomic E-state index is 11.7. The summed E-state index contributed by atoms with van der Waals surface area (Å²) in [4.78, 5) is 22.1. The number of rotatable bonds is 9. The monoisotopic (exact) mass is 310 g/mol. The molecule has 1 rings (SSSR count). The fourth-order valence-electron chi connectivity index (χ4n) is 1.66. The third-order valence-corrected chi connectivity index (χ3v) is 2.77. The Morgan fingerprint density at radius 2 is 1.73 bits per heavy atom. The highest BCUT2D eigenvalue weighted by atomic mass is 16.6. The SMILES string of the molecule is CCOC(=O)C(C)(C)Oc1ccc(OCCCC(=O)O)cc1. The van der Waals surface area contributed by atoms with Gasteiger partial charge in [-0.05, 0) is 51.5 Å². The standard InChI is InChI=1S/C16H22O6/c1-4-20-15(19)16(2,3)22-13-9-7-12(8-10-13)21-11-5-6-14(17)18/h7-10H,4-6,11H2,1-3H3,(H,17,18). The predicted octanol–water partition coefficient (Wildman–Crippen LogP) is 2.65. The van der Waals surface area contributed by atoms with Crippen molar-refractivity contribution in [2.24, 2.45) is 0 Å². The van der Waals surface area contributed by atoms with Gasteiger partial charge in [-0.1, -0.05) is 0 Å².